The van der Waals surface area contributed by atoms with Crippen molar-refractivity contribution in [3.05, 3.63) is 34.6 Å². The molecule has 3 heteroatoms. The number of halogens is 3. The van der Waals surface area contributed by atoms with Crippen LogP contribution in [-0.2, 0) is 6.42 Å². The highest BCUT2D eigenvalue weighted by molar-refractivity contribution is 9.09. The van der Waals surface area contributed by atoms with E-state index in [4.69, 9.17) is 11.6 Å². The number of rotatable bonds is 6. The molecule has 21 heavy (non-hydrogen) atoms. The molecule has 1 aromatic rings. The van der Waals surface area contributed by atoms with E-state index in [-0.39, 0.29) is 11.2 Å². The number of unbranched alkanes of at least 4 members (excludes halogenated alkanes) is 1. The Labute approximate surface area is 141 Å². The SMILES string of the molecule is CCCCC1CCC(CBr)(Cc2cccc(F)c2Cl)CC1. The lowest BCUT2D eigenvalue weighted by atomic mass is 9.68. The van der Waals surface area contributed by atoms with E-state index in [0.717, 1.165) is 23.2 Å². The van der Waals surface area contributed by atoms with Gasteiger partial charge in [0.2, 0.25) is 0 Å². The molecule has 0 radical (unpaired) electrons. The first-order chi connectivity index (χ1) is 10.1. The molecule has 0 saturated heterocycles. The van der Waals surface area contributed by atoms with Gasteiger partial charge < -0.3 is 0 Å². The van der Waals surface area contributed by atoms with Gasteiger partial charge in [0.25, 0.3) is 0 Å². The summed E-state index contributed by atoms with van der Waals surface area (Å²) in [6.45, 7) is 2.26. The highest BCUT2D eigenvalue weighted by atomic mass is 79.9. The van der Waals surface area contributed by atoms with Crippen molar-refractivity contribution in [2.75, 3.05) is 5.33 Å². The lowest BCUT2D eigenvalue weighted by Crippen LogP contribution is -2.31. The van der Waals surface area contributed by atoms with E-state index < -0.39 is 0 Å². The van der Waals surface area contributed by atoms with Gasteiger partial charge in [-0.05, 0) is 55.1 Å². The smallest absolute Gasteiger partial charge is 0.142 e. The minimum atomic E-state index is -0.296. The maximum Gasteiger partial charge on any atom is 0.142 e. The van der Waals surface area contributed by atoms with Crippen molar-refractivity contribution >= 4 is 27.5 Å². The Balaban J connectivity index is 2.01. The molecule has 0 bridgehead atoms. The van der Waals surface area contributed by atoms with Crippen molar-refractivity contribution in [2.24, 2.45) is 11.3 Å². The fourth-order valence-electron chi connectivity index (χ4n) is 3.52. The molecule has 1 fully saturated rings. The Morgan fingerprint density at radius 3 is 2.67 bits per heavy atom. The molecule has 0 aromatic heterocycles. The fraction of sp³-hybridized carbons (Fsp3) is 0.667. The molecule has 0 atom stereocenters. The van der Waals surface area contributed by atoms with Gasteiger partial charge in [-0.3, -0.25) is 0 Å². The molecule has 1 aliphatic rings. The second-order valence-electron chi connectivity index (χ2n) is 6.61. The standard InChI is InChI=1S/C18H25BrClF/c1-2-3-5-14-8-10-18(13-19,11-9-14)12-15-6-4-7-16(21)17(15)20/h4,6-7,14H,2-3,5,8-13H2,1H3. The molecule has 1 saturated carbocycles. The summed E-state index contributed by atoms with van der Waals surface area (Å²) in [7, 11) is 0. The first kappa shape index (κ1) is 17.3. The van der Waals surface area contributed by atoms with Crippen molar-refractivity contribution in [2.45, 2.75) is 58.3 Å². The zero-order chi connectivity index (χ0) is 15.3. The lowest BCUT2D eigenvalue weighted by molar-refractivity contribution is 0.168. The molecule has 0 unspecified atom stereocenters. The summed E-state index contributed by atoms with van der Waals surface area (Å²) in [6.07, 6.45) is 9.95. The highest BCUT2D eigenvalue weighted by Crippen LogP contribution is 2.45. The summed E-state index contributed by atoms with van der Waals surface area (Å²) in [5.41, 5.74) is 1.21. The van der Waals surface area contributed by atoms with Crippen LogP contribution < -0.4 is 0 Å². The van der Waals surface area contributed by atoms with Crippen LogP contribution in [0.4, 0.5) is 4.39 Å². The van der Waals surface area contributed by atoms with Crippen molar-refractivity contribution in [3.63, 3.8) is 0 Å². The third-order valence-corrected chi connectivity index (χ3v) is 6.63. The molecular formula is C18H25BrClF. The van der Waals surface area contributed by atoms with Crippen molar-refractivity contribution in [1.82, 2.24) is 0 Å². The van der Waals surface area contributed by atoms with E-state index in [2.05, 4.69) is 22.9 Å². The van der Waals surface area contributed by atoms with Crippen LogP contribution in [0.1, 0.15) is 57.4 Å². The van der Waals surface area contributed by atoms with Gasteiger partial charge in [-0.1, -0.05) is 65.8 Å². The van der Waals surface area contributed by atoms with Gasteiger partial charge >= 0.3 is 0 Å². The fourth-order valence-corrected chi connectivity index (χ4v) is 4.47. The molecule has 0 aliphatic heterocycles. The van der Waals surface area contributed by atoms with Crippen LogP contribution in [0.5, 0.6) is 0 Å². The Bertz CT molecular complexity index is 453. The minimum Gasteiger partial charge on any atom is -0.205 e. The first-order valence-corrected chi connectivity index (χ1v) is 9.59. The highest BCUT2D eigenvalue weighted by Gasteiger charge is 2.35. The van der Waals surface area contributed by atoms with Gasteiger partial charge in [0.15, 0.2) is 0 Å². The first-order valence-electron chi connectivity index (χ1n) is 8.09. The average molecular weight is 376 g/mol. The van der Waals surface area contributed by atoms with E-state index in [9.17, 15) is 4.39 Å². The maximum atomic E-state index is 13.6. The zero-order valence-electron chi connectivity index (χ0n) is 12.8. The number of benzene rings is 1. The van der Waals surface area contributed by atoms with Gasteiger partial charge in [-0.15, -0.1) is 0 Å². The van der Waals surface area contributed by atoms with E-state index in [0.29, 0.717) is 5.02 Å². The summed E-state index contributed by atoms with van der Waals surface area (Å²) in [4.78, 5) is 0. The quantitative estimate of drug-likeness (QED) is 0.480. The van der Waals surface area contributed by atoms with Gasteiger partial charge in [0, 0.05) is 5.33 Å². The normalized spacial score (nSPS) is 26.0. The molecule has 0 amide bonds. The zero-order valence-corrected chi connectivity index (χ0v) is 15.1. The summed E-state index contributed by atoms with van der Waals surface area (Å²) < 4.78 is 13.6. The monoisotopic (exact) mass is 374 g/mol. The van der Waals surface area contributed by atoms with E-state index >= 15 is 0 Å². The van der Waals surface area contributed by atoms with Crippen molar-refractivity contribution < 1.29 is 4.39 Å². The second-order valence-corrected chi connectivity index (χ2v) is 7.55. The van der Waals surface area contributed by atoms with Crippen LogP contribution in [0.2, 0.25) is 5.02 Å². The Morgan fingerprint density at radius 2 is 2.05 bits per heavy atom. The van der Waals surface area contributed by atoms with E-state index in [1.807, 2.05) is 6.07 Å². The molecule has 0 nitrogen and oxygen atoms in total. The summed E-state index contributed by atoms with van der Waals surface area (Å²) in [6, 6.07) is 5.18. The summed E-state index contributed by atoms with van der Waals surface area (Å²) in [5, 5.41) is 1.29. The Kier molecular flexibility index (Phi) is 6.55. The number of hydrogen-bond donors (Lipinski definition) is 0. The van der Waals surface area contributed by atoms with Gasteiger partial charge in [-0.2, -0.15) is 0 Å². The molecule has 0 heterocycles. The van der Waals surface area contributed by atoms with Gasteiger partial charge in [0.05, 0.1) is 5.02 Å². The molecule has 0 spiro atoms. The molecule has 1 aromatic carbocycles. The molecule has 0 N–H and O–H groups in total. The van der Waals surface area contributed by atoms with Gasteiger partial charge in [0.1, 0.15) is 5.82 Å². The summed E-state index contributed by atoms with van der Waals surface area (Å²) in [5.74, 6) is 0.593. The topological polar surface area (TPSA) is 0 Å². The molecule has 1 aliphatic carbocycles. The van der Waals surface area contributed by atoms with Crippen LogP contribution in [0.25, 0.3) is 0 Å². The van der Waals surface area contributed by atoms with Crippen molar-refractivity contribution in [3.8, 4) is 0 Å². The third kappa shape index (κ3) is 4.45. The van der Waals surface area contributed by atoms with Crippen molar-refractivity contribution in [1.29, 1.82) is 0 Å². The van der Waals surface area contributed by atoms with E-state index in [1.54, 1.807) is 6.07 Å². The number of hydrogen-bond acceptors (Lipinski definition) is 0. The lowest BCUT2D eigenvalue weighted by Gasteiger charge is -2.39. The van der Waals surface area contributed by atoms with Crippen LogP contribution in [0, 0.1) is 17.2 Å². The van der Waals surface area contributed by atoms with Crippen LogP contribution in [-0.4, -0.2) is 5.33 Å². The average Bonchev–Trinajstić information content (AvgIpc) is 2.51. The predicted molar refractivity (Wildman–Crippen MR) is 92.8 cm³/mol. The minimum absolute atomic E-state index is 0.250. The molecule has 118 valence electrons. The second kappa shape index (κ2) is 7.97. The predicted octanol–water partition coefficient (Wildman–Crippen LogP) is 6.78. The van der Waals surface area contributed by atoms with Crippen LogP contribution in [0.15, 0.2) is 18.2 Å². The van der Waals surface area contributed by atoms with Gasteiger partial charge in [-0.25, -0.2) is 4.39 Å². The number of alkyl halides is 1. The summed E-state index contributed by atoms with van der Waals surface area (Å²) >= 11 is 9.84. The molecular weight excluding hydrogens is 351 g/mol. The maximum absolute atomic E-state index is 13.6. The van der Waals surface area contributed by atoms with Crippen LogP contribution in [0.3, 0.4) is 0 Å². The Morgan fingerprint density at radius 1 is 1.33 bits per heavy atom. The Hall–Kier alpha value is -0.0800. The molecule has 2 rings (SSSR count). The third-order valence-electron chi connectivity index (χ3n) is 5.01. The largest absolute Gasteiger partial charge is 0.205 e. The van der Waals surface area contributed by atoms with Crippen LogP contribution >= 0.6 is 27.5 Å². The van der Waals surface area contributed by atoms with E-state index in [1.165, 1.54) is 51.0 Å².